The van der Waals surface area contributed by atoms with Gasteiger partial charge in [-0.1, -0.05) is 45.7 Å². The van der Waals surface area contributed by atoms with Gasteiger partial charge in [-0.2, -0.15) is 0 Å². The van der Waals surface area contributed by atoms with E-state index in [1.807, 2.05) is 20.8 Å². The van der Waals surface area contributed by atoms with Crippen molar-refractivity contribution in [3.63, 3.8) is 0 Å². The van der Waals surface area contributed by atoms with Crippen LogP contribution in [0.2, 0.25) is 0 Å². The third kappa shape index (κ3) is 5.19. The molecular weight excluding hydrogens is 212 g/mol. The highest BCUT2D eigenvalue weighted by molar-refractivity contribution is 6.20. The molecule has 0 bridgehead atoms. The van der Waals surface area contributed by atoms with Crippen molar-refractivity contribution in [1.82, 2.24) is 0 Å². The average molecular weight is 237 g/mol. The minimum atomic E-state index is -0.434. The number of ether oxygens (including phenoxy) is 1. The molecule has 0 aromatic rings. The van der Waals surface area contributed by atoms with Crippen molar-refractivity contribution in [1.29, 1.82) is 0 Å². The van der Waals surface area contributed by atoms with Crippen LogP contribution in [-0.2, 0) is 4.74 Å². The second-order valence-electron chi connectivity index (χ2n) is 5.07. The molecule has 0 aromatic heterocycles. The summed E-state index contributed by atoms with van der Waals surface area (Å²) in [6, 6.07) is 0. The summed E-state index contributed by atoms with van der Waals surface area (Å²) < 4.78 is 5.73. The van der Waals surface area contributed by atoms with Crippen molar-refractivity contribution < 1.29 is 9.84 Å². The molecule has 2 nitrogen and oxygen atoms in total. The molecule has 0 saturated carbocycles. The third-order valence-electron chi connectivity index (χ3n) is 2.90. The third-order valence-corrected chi connectivity index (χ3v) is 3.60. The topological polar surface area (TPSA) is 29.5 Å². The minimum Gasteiger partial charge on any atom is -0.396 e. The summed E-state index contributed by atoms with van der Waals surface area (Å²) in [5.41, 5.74) is -0.821. The fourth-order valence-electron chi connectivity index (χ4n) is 1.27. The highest BCUT2D eigenvalue weighted by Crippen LogP contribution is 2.28. The molecule has 0 aliphatic heterocycles. The molecule has 0 radical (unpaired) electrons. The zero-order chi connectivity index (χ0) is 12.1. The van der Waals surface area contributed by atoms with Crippen molar-refractivity contribution in [2.75, 3.05) is 6.61 Å². The monoisotopic (exact) mass is 236 g/mol. The second-order valence-corrected chi connectivity index (χ2v) is 5.47. The summed E-state index contributed by atoms with van der Waals surface area (Å²) in [7, 11) is 0. The van der Waals surface area contributed by atoms with Gasteiger partial charge in [0, 0.05) is 5.41 Å². The number of halogens is 1. The van der Waals surface area contributed by atoms with Gasteiger partial charge in [0.25, 0.3) is 0 Å². The summed E-state index contributed by atoms with van der Waals surface area (Å²) in [6.45, 7) is 10.2. The number of hydrogen-bond donors (Lipinski definition) is 1. The predicted molar refractivity (Wildman–Crippen MR) is 65.1 cm³/mol. The van der Waals surface area contributed by atoms with Gasteiger partial charge in [-0.25, -0.2) is 0 Å². The van der Waals surface area contributed by atoms with Gasteiger partial charge in [-0.3, -0.25) is 0 Å². The van der Waals surface area contributed by atoms with Crippen molar-refractivity contribution in [2.24, 2.45) is 11.3 Å². The van der Waals surface area contributed by atoms with Gasteiger partial charge in [-0.05, 0) is 19.3 Å². The Morgan fingerprint density at radius 2 is 1.87 bits per heavy atom. The number of aliphatic hydroxyl groups is 1. The molecule has 3 atom stereocenters. The Hall–Kier alpha value is 0.210. The standard InChI is InChI=1S/C12H25ClO2/c1-6-7-9(2)10(3)15-11(13)12(4,5)8-14/h9-11,14H,6-8H2,1-5H3. The Bertz CT molecular complexity index is 171. The first-order valence-corrected chi connectivity index (χ1v) is 6.19. The van der Waals surface area contributed by atoms with Crippen LogP contribution in [0.1, 0.15) is 47.5 Å². The van der Waals surface area contributed by atoms with E-state index in [-0.39, 0.29) is 18.1 Å². The summed E-state index contributed by atoms with van der Waals surface area (Å²) in [4.78, 5) is 0. The Morgan fingerprint density at radius 3 is 2.27 bits per heavy atom. The zero-order valence-electron chi connectivity index (χ0n) is 10.6. The quantitative estimate of drug-likeness (QED) is 0.687. The summed E-state index contributed by atoms with van der Waals surface area (Å²) >= 11 is 6.13. The van der Waals surface area contributed by atoms with Gasteiger partial charge in [0.15, 0.2) is 0 Å². The van der Waals surface area contributed by atoms with Gasteiger partial charge >= 0.3 is 0 Å². The molecule has 0 spiro atoms. The molecule has 1 N–H and O–H groups in total. The number of alkyl halides is 1. The van der Waals surface area contributed by atoms with E-state index < -0.39 is 5.56 Å². The molecule has 92 valence electrons. The lowest BCUT2D eigenvalue weighted by atomic mass is 9.95. The number of hydrogen-bond acceptors (Lipinski definition) is 2. The van der Waals surface area contributed by atoms with Crippen molar-refractivity contribution in [2.45, 2.75) is 59.1 Å². The lowest BCUT2D eigenvalue weighted by Gasteiger charge is -2.32. The molecule has 0 aliphatic carbocycles. The summed E-state index contributed by atoms with van der Waals surface area (Å²) in [5, 5.41) is 9.15. The molecule has 3 heteroatoms. The summed E-state index contributed by atoms with van der Waals surface area (Å²) in [6.07, 6.45) is 2.44. The first-order chi connectivity index (χ1) is 6.85. The van der Waals surface area contributed by atoms with Gasteiger partial charge in [0.05, 0.1) is 12.7 Å². The average Bonchev–Trinajstić information content (AvgIpc) is 2.17. The molecule has 0 aromatic carbocycles. The van der Waals surface area contributed by atoms with Crippen LogP contribution in [0.5, 0.6) is 0 Å². The van der Waals surface area contributed by atoms with Gasteiger partial charge in [0.1, 0.15) is 5.56 Å². The van der Waals surface area contributed by atoms with E-state index in [9.17, 15) is 0 Å². The van der Waals surface area contributed by atoms with Crippen LogP contribution in [0.3, 0.4) is 0 Å². The Labute approximate surface area is 99.0 Å². The van der Waals surface area contributed by atoms with E-state index in [1.165, 1.54) is 0 Å². The minimum absolute atomic E-state index is 0.0377. The molecule has 0 amide bonds. The van der Waals surface area contributed by atoms with E-state index >= 15 is 0 Å². The van der Waals surface area contributed by atoms with Crippen LogP contribution in [-0.4, -0.2) is 23.4 Å². The van der Waals surface area contributed by atoms with Crippen LogP contribution in [0, 0.1) is 11.3 Å². The first kappa shape index (κ1) is 15.2. The van der Waals surface area contributed by atoms with E-state index in [4.69, 9.17) is 21.4 Å². The SMILES string of the molecule is CCCC(C)C(C)OC(Cl)C(C)(C)CO. The molecule has 0 saturated heterocycles. The van der Waals surface area contributed by atoms with Crippen molar-refractivity contribution in [3.05, 3.63) is 0 Å². The van der Waals surface area contributed by atoms with Gasteiger partial charge in [0.2, 0.25) is 0 Å². The molecule has 0 aliphatic rings. The fraction of sp³-hybridized carbons (Fsp3) is 1.00. The molecular formula is C12H25ClO2. The van der Waals surface area contributed by atoms with Crippen molar-refractivity contribution >= 4 is 11.6 Å². The largest absolute Gasteiger partial charge is 0.396 e. The highest BCUT2D eigenvalue weighted by atomic mass is 35.5. The van der Waals surface area contributed by atoms with Crippen LogP contribution in [0.15, 0.2) is 0 Å². The van der Waals surface area contributed by atoms with E-state index in [0.717, 1.165) is 12.8 Å². The van der Waals surface area contributed by atoms with Crippen LogP contribution in [0.4, 0.5) is 0 Å². The maximum atomic E-state index is 9.15. The molecule has 15 heavy (non-hydrogen) atoms. The first-order valence-electron chi connectivity index (χ1n) is 5.75. The molecule has 3 unspecified atom stereocenters. The van der Waals surface area contributed by atoms with E-state index in [2.05, 4.69) is 13.8 Å². The van der Waals surface area contributed by atoms with Gasteiger partial charge < -0.3 is 9.84 Å². The van der Waals surface area contributed by atoms with Crippen LogP contribution < -0.4 is 0 Å². The second kappa shape index (κ2) is 6.72. The smallest absolute Gasteiger partial charge is 0.138 e. The van der Waals surface area contributed by atoms with Crippen LogP contribution >= 0.6 is 11.6 Å². The molecule has 0 rings (SSSR count). The Balaban J connectivity index is 4.11. The normalized spacial score (nSPS) is 18.6. The molecule has 0 fully saturated rings. The Kier molecular flexibility index (Phi) is 6.81. The number of aliphatic hydroxyl groups excluding tert-OH is 1. The molecule has 0 heterocycles. The van der Waals surface area contributed by atoms with Crippen molar-refractivity contribution in [3.8, 4) is 0 Å². The highest BCUT2D eigenvalue weighted by Gasteiger charge is 2.30. The number of rotatable bonds is 7. The lowest BCUT2D eigenvalue weighted by molar-refractivity contribution is -0.0564. The predicted octanol–water partition coefficient (Wildman–Crippen LogP) is 3.41. The summed E-state index contributed by atoms with van der Waals surface area (Å²) in [5.74, 6) is 0.505. The zero-order valence-corrected chi connectivity index (χ0v) is 11.3. The van der Waals surface area contributed by atoms with Crippen LogP contribution in [0.25, 0.3) is 0 Å². The maximum absolute atomic E-state index is 9.15. The van der Waals surface area contributed by atoms with Gasteiger partial charge in [-0.15, -0.1) is 0 Å². The van der Waals surface area contributed by atoms with E-state index in [0.29, 0.717) is 5.92 Å². The Morgan fingerprint density at radius 1 is 1.33 bits per heavy atom. The van der Waals surface area contributed by atoms with E-state index in [1.54, 1.807) is 0 Å². The maximum Gasteiger partial charge on any atom is 0.138 e. The lowest BCUT2D eigenvalue weighted by Crippen LogP contribution is -2.35. The fourth-order valence-corrected chi connectivity index (χ4v) is 1.50.